The van der Waals surface area contributed by atoms with Crippen molar-refractivity contribution >= 4 is 5.91 Å². The Morgan fingerprint density at radius 1 is 1.39 bits per heavy atom. The van der Waals surface area contributed by atoms with Gasteiger partial charge in [-0.25, -0.2) is 0 Å². The molecule has 0 bridgehead atoms. The van der Waals surface area contributed by atoms with Crippen LogP contribution in [0.25, 0.3) is 0 Å². The van der Waals surface area contributed by atoms with Crippen LogP contribution in [0.5, 0.6) is 0 Å². The van der Waals surface area contributed by atoms with Crippen molar-refractivity contribution in [3.05, 3.63) is 0 Å². The van der Waals surface area contributed by atoms with Gasteiger partial charge in [0.15, 0.2) is 0 Å². The summed E-state index contributed by atoms with van der Waals surface area (Å²) in [6.07, 6.45) is 2.01. The van der Waals surface area contributed by atoms with E-state index in [1.54, 1.807) is 13.8 Å². The van der Waals surface area contributed by atoms with Gasteiger partial charge in [0.25, 0.3) is 0 Å². The molecule has 0 fully saturated rings. The number of amides is 1. The van der Waals surface area contributed by atoms with Gasteiger partial charge in [0.1, 0.15) is 5.41 Å². The molecule has 0 heterocycles. The van der Waals surface area contributed by atoms with Gasteiger partial charge in [-0.1, -0.05) is 13.8 Å². The number of nitrogens with one attached hydrogen (secondary N) is 1. The van der Waals surface area contributed by atoms with Crippen molar-refractivity contribution in [2.24, 2.45) is 5.41 Å². The fourth-order valence-corrected chi connectivity index (χ4v) is 1.69. The molecular formula is C14H27N3O. The highest BCUT2D eigenvalue weighted by Gasteiger charge is 2.27. The summed E-state index contributed by atoms with van der Waals surface area (Å²) in [5, 5.41) is 11.8. The second-order valence-electron chi connectivity index (χ2n) is 5.28. The van der Waals surface area contributed by atoms with E-state index >= 15 is 0 Å². The highest BCUT2D eigenvalue weighted by Crippen LogP contribution is 2.13. The van der Waals surface area contributed by atoms with Gasteiger partial charge in [0.2, 0.25) is 5.91 Å². The van der Waals surface area contributed by atoms with Crippen molar-refractivity contribution in [3.8, 4) is 6.07 Å². The van der Waals surface area contributed by atoms with E-state index in [2.05, 4.69) is 24.1 Å². The largest absolute Gasteiger partial charge is 0.352 e. The van der Waals surface area contributed by atoms with Crippen LogP contribution >= 0.6 is 0 Å². The predicted molar refractivity (Wildman–Crippen MR) is 74.0 cm³/mol. The van der Waals surface area contributed by atoms with E-state index in [0.29, 0.717) is 0 Å². The predicted octanol–water partition coefficient (Wildman–Crippen LogP) is 2.16. The molecule has 4 heteroatoms. The third-order valence-corrected chi connectivity index (χ3v) is 3.23. The Labute approximate surface area is 111 Å². The fraction of sp³-hybridized carbons (Fsp3) is 0.857. The summed E-state index contributed by atoms with van der Waals surface area (Å²) in [4.78, 5) is 14.1. The zero-order chi connectivity index (χ0) is 14.2. The summed E-state index contributed by atoms with van der Waals surface area (Å²) in [5.74, 6) is -0.180. The van der Waals surface area contributed by atoms with Crippen molar-refractivity contribution in [1.82, 2.24) is 10.2 Å². The van der Waals surface area contributed by atoms with Crippen LogP contribution in [0.4, 0.5) is 0 Å². The molecule has 0 saturated heterocycles. The van der Waals surface area contributed by atoms with Crippen molar-refractivity contribution in [1.29, 1.82) is 5.26 Å². The Balaban J connectivity index is 3.96. The van der Waals surface area contributed by atoms with E-state index in [1.165, 1.54) is 0 Å². The smallest absolute Gasteiger partial charge is 0.240 e. The summed E-state index contributed by atoms with van der Waals surface area (Å²) < 4.78 is 0. The normalized spacial score (nSPS) is 13.2. The van der Waals surface area contributed by atoms with Crippen LogP contribution in [0.2, 0.25) is 0 Å². The molecule has 0 spiro atoms. The molecule has 0 saturated carbocycles. The van der Waals surface area contributed by atoms with Crippen molar-refractivity contribution in [3.63, 3.8) is 0 Å². The Hall–Kier alpha value is -1.08. The first-order chi connectivity index (χ1) is 8.37. The molecule has 4 nitrogen and oxygen atoms in total. The summed E-state index contributed by atoms with van der Waals surface area (Å²) in [5.41, 5.74) is -0.937. The average molecular weight is 253 g/mol. The zero-order valence-electron chi connectivity index (χ0n) is 12.4. The first kappa shape index (κ1) is 16.9. The molecular weight excluding hydrogens is 226 g/mol. The Morgan fingerprint density at radius 3 is 2.39 bits per heavy atom. The van der Waals surface area contributed by atoms with E-state index in [4.69, 9.17) is 5.26 Å². The summed E-state index contributed by atoms with van der Waals surface area (Å²) in [6.45, 7) is 12.8. The van der Waals surface area contributed by atoms with E-state index in [1.807, 2.05) is 13.0 Å². The van der Waals surface area contributed by atoms with Gasteiger partial charge in [0.05, 0.1) is 6.07 Å². The van der Waals surface area contributed by atoms with Gasteiger partial charge in [0, 0.05) is 6.04 Å². The van der Waals surface area contributed by atoms with Gasteiger partial charge >= 0.3 is 0 Å². The summed E-state index contributed by atoms with van der Waals surface area (Å²) >= 11 is 0. The third-order valence-electron chi connectivity index (χ3n) is 3.23. The number of rotatable bonds is 8. The molecule has 0 rings (SSSR count). The molecule has 0 aliphatic heterocycles. The minimum atomic E-state index is -0.937. The van der Waals surface area contributed by atoms with E-state index in [-0.39, 0.29) is 11.9 Å². The first-order valence-electron chi connectivity index (χ1n) is 6.81. The number of carbonyl (C=O) groups excluding carboxylic acids is 1. The highest BCUT2D eigenvalue weighted by molar-refractivity contribution is 5.84. The van der Waals surface area contributed by atoms with Crippen LogP contribution < -0.4 is 5.32 Å². The minimum Gasteiger partial charge on any atom is -0.352 e. The fourth-order valence-electron chi connectivity index (χ4n) is 1.69. The monoisotopic (exact) mass is 253 g/mol. The first-order valence-corrected chi connectivity index (χ1v) is 6.81. The third kappa shape index (κ3) is 6.02. The highest BCUT2D eigenvalue weighted by atomic mass is 16.2. The van der Waals surface area contributed by atoms with E-state index in [9.17, 15) is 4.79 Å². The van der Waals surface area contributed by atoms with Gasteiger partial charge < -0.3 is 10.2 Å². The van der Waals surface area contributed by atoms with Crippen LogP contribution in [0, 0.1) is 16.7 Å². The van der Waals surface area contributed by atoms with Gasteiger partial charge in [-0.05, 0) is 53.2 Å². The number of carbonyl (C=O) groups is 1. The Morgan fingerprint density at radius 2 is 1.94 bits per heavy atom. The van der Waals surface area contributed by atoms with Crippen LogP contribution in [-0.2, 0) is 4.79 Å². The van der Waals surface area contributed by atoms with Crippen LogP contribution in [-0.4, -0.2) is 36.5 Å². The molecule has 18 heavy (non-hydrogen) atoms. The van der Waals surface area contributed by atoms with Crippen molar-refractivity contribution < 1.29 is 4.79 Å². The maximum atomic E-state index is 11.8. The molecule has 1 N–H and O–H groups in total. The number of hydrogen-bond acceptors (Lipinski definition) is 3. The maximum absolute atomic E-state index is 11.8. The Kier molecular flexibility index (Phi) is 7.61. The van der Waals surface area contributed by atoms with E-state index in [0.717, 1.165) is 32.5 Å². The summed E-state index contributed by atoms with van der Waals surface area (Å²) in [7, 11) is 0. The minimum absolute atomic E-state index is 0.126. The second-order valence-corrected chi connectivity index (χ2v) is 5.28. The van der Waals surface area contributed by atoms with Gasteiger partial charge in [-0.15, -0.1) is 0 Å². The lowest BCUT2D eigenvalue weighted by Crippen LogP contribution is -2.41. The molecule has 0 aromatic rings. The molecule has 1 atom stereocenters. The standard InChI is InChI=1S/C14H27N3O/c1-6-17(7-2)10-8-9-12(3)16-13(18)14(4,5)11-15/h12H,6-10H2,1-5H3,(H,16,18). The van der Waals surface area contributed by atoms with E-state index < -0.39 is 5.41 Å². The van der Waals surface area contributed by atoms with Gasteiger partial charge in [-0.3, -0.25) is 4.79 Å². The SMILES string of the molecule is CCN(CC)CCCC(C)NC(=O)C(C)(C)C#N. The number of nitrogens with zero attached hydrogens (tertiary/aromatic N) is 2. The molecule has 0 aliphatic rings. The maximum Gasteiger partial charge on any atom is 0.240 e. The van der Waals surface area contributed by atoms with Crippen molar-refractivity contribution in [2.45, 2.75) is 53.5 Å². The molecule has 0 radical (unpaired) electrons. The molecule has 0 aliphatic carbocycles. The van der Waals surface area contributed by atoms with Crippen LogP contribution in [0.15, 0.2) is 0 Å². The Bertz CT molecular complexity index is 290. The summed E-state index contributed by atoms with van der Waals surface area (Å²) in [6, 6.07) is 2.14. The molecule has 1 amide bonds. The quantitative estimate of drug-likeness (QED) is 0.721. The lowest BCUT2D eigenvalue weighted by Gasteiger charge is -2.22. The second kappa shape index (κ2) is 8.10. The molecule has 1 unspecified atom stereocenters. The van der Waals surface area contributed by atoms with Crippen LogP contribution in [0.3, 0.4) is 0 Å². The zero-order valence-corrected chi connectivity index (χ0v) is 12.4. The number of hydrogen-bond donors (Lipinski definition) is 1. The van der Waals surface area contributed by atoms with Gasteiger partial charge in [-0.2, -0.15) is 5.26 Å². The number of nitriles is 1. The lowest BCUT2D eigenvalue weighted by atomic mass is 9.94. The molecule has 104 valence electrons. The average Bonchev–Trinajstić information content (AvgIpc) is 2.34. The van der Waals surface area contributed by atoms with Crippen LogP contribution in [0.1, 0.15) is 47.5 Å². The molecule has 0 aromatic carbocycles. The molecule has 0 aromatic heterocycles. The van der Waals surface area contributed by atoms with Crippen molar-refractivity contribution in [2.75, 3.05) is 19.6 Å². The topological polar surface area (TPSA) is 56.1 Å². The lowest BCUT2D eigenvalue weighted by molar-refractivity contribution is -0.127.